The number of hydrogen-bond donors (Lipinski definition) is 1. The van der Waals surface area contributed by atoms with E-state index in [2.05, 4.69) is 5.10 Å². The maximum absolute atomic E-state index is 5.94. The first-order chi connectivity index (χ1) is 7.18. The number of benzene rings is 1. The van der Waals surface area contributed by atoms with Gasteiger partial charge in [0, 0.05) is 7.05 Å². The molecule has 1 aromatic carbocycles. The molecule has 0 atom stereocenters. The van der Waals surface area contributed by atoms with Crippen LogP contribution in [0.2, 0.25) is 5.02 Å². The second-order valence-electron chi connectivity index (χ2n) is 3.05. The first-order valence-electron chi connectivity index (χ1n) is 4.38. The number of aromatic nitrogens is 2. The summed E-state index contributed by atoms with van der Waals surface area (Å²) in [6.07, 6.45) is 1.55. The molecule has 0 radical (unpaired) electrons. The molecule has 78 valence electrons. The van der Waals surface area contributed by atoms with Crippen LogP contribution in [0.3, 0.4) is 0 Å². The zero-order chi connectivity index (χ0) is 10.8. The normalized spacial score (nSPS) is 10.3. The summed E-state index contributed by atoms with van der Waals surface area (Å²) in [6.45, 7) is 0. The third-order valence-electron chi connectivity index (χ3n) is 2.01. The average Bonchev–Trinajstić information content (AvgIpc) is 2.53. The number of anilines is 1. The van der Waals surface area contributed by atoms with Crippen molar-refractivity contribution in [3.05, 3.63) is 35.5 Å². The van der Waals surface area contributed by atoms with E-state index in [-0.39, 0.29) is 0 Å². The van der Waals surface area contributed by atoms with E-state index in [1.807, 2.05) is 12.1 Å². The number of nitrogens with two attached hydrogens (primary N) is 1. The molecule has 2 rings (SSSR count). The summed E-state index contributed by atoms with van der Waals surface area (Å²) in [5.41, 5.74) is 5.73. The second kappa shape index (κ2) is 3.82. The number of nitrogen functional groups attached to an aromatic ring is 1. The molecule has 0 saturated carbocycles. The molecule has 1 aromatic heterocycles. The topological polar surface area (TPSA) is 53.1 Å². The molecule has 0 aliphatic carbocycles. The molecule has 0 fully saturated rings. The maximum atomic E-state index is 5.94. The Hall–Kier alpha value is -1.68. The molecule has 2 N–H and O–H groups in total. The van der Waals surface area contributed by atoms with Crippen molar-refractivity contribution in [1.82, 2.24) is 9.78 Å². The number of ether oxygens (including phenoxy) is 1. The molecular weight excluding hydrogens is 214 g/mol. The van der Waals surface area contributed by atoms with Crippen LogP contribution in [0.15, 0.2) is 30.5 Å². The minimum Gasteiger partial charge on any atom is -0.450 e. The van der Waals surface area contributed by atoms with Crippen molar-refractivity contribution in [2.75, 3.05) is 5.73 Å². The molecule has 2 aromatic rings. The highest BCUT2D eigenvalue weighted by Gasteiger charge is 2.08. The highest BCUT2D eigenvalue weighted by Crippen LogP contribution is 2.31. The van der Waals surface area contributed by atoms with Crippen molar-refractivity contribution in [1.29, 1.82) is 0 Å². The van der Waals surface area contributed by atoms with Gasteiger partial charge in [-0.1, -0.05) is 23.7 Å². The fraction of sp³-hybridized carbons (Fsp3) is 0.100. The molecule has 0 bridgehead atoms. The second-order valence-corrected chi connectivity index (χ2v) is 3.46. The van der Waals surface area contributed by atoms with Gasteiger partial charge in [-0.05, 0) is 12.1 Å². The summed E-state index contributed by atoms with van der Waals surface area (Å²) in [4.78, 5) is 0. The van der Waals surface area contributed by atoms with Crippen LogP contribution in [0, 0.1) is 0 Å². The van der Waals surface area contributed by atoms with Crippen LogP contribution < -0.4 is 10.5 Å². The minimum atomic E-state index is 0.468. The van der Waals surface area contributed by atoms with Crippen LogP contribution in [-0.4, -0.2) is 9.78 Å². The highest BCUT2D eigenvalue weighted by molar-refractivity contribution is 6.32. The summed E-state index contributed by atoms with van der Waals surface area (Å²) < 4.78 is 7.05. The molecule has 0 aliphatic heterocycles. The van der Waals surface area contributed by atoms with Gasteiger partial charge in [-0.25, -0.2) is 4.68 Å². The van der Waals surface area contributed by atoms with Gasteiger partial charge in [-0.3, -0.25) is 0 Å². The zero-order valence-electron chi connectivity index (χ0n) is 8.14. The van der Waals surface area contributed by atoms with Gasteiger partial charge in [0.1, 0.15) is 5.75 Å². The molecule has 1 heterocycles. The predicted molar refractivity (Wildman–Crippen MR) is 59.1 cm³/mol. The van der Waals surface area contributed by atoms with Crippen LogP contribution in [0.25, 0.3) is 0 Å². The number of hydrogen-bond acceptors (Lipinski definition) is 3. The van der Waals surface area contributed by atoms with Gasteiger partial charge in [0.05, 0.1) is 11.2 Å². The molecule has 0 spiro atoms. The fourth-order valence-electron chi connectivity index (χ4n) is 1.15. The third kappa shape index (κ3) is 1.89. The number of rotatable bonds is 2. The Morgan fingerprint density at radius 3 is 2.67 bits per heavy atom. The first kappa shape index (κ1) is 9.86. The number of para-hydroxylation sites is 1. The Morgan fingerprint density at radius 1 is 1.33 bits per heavy atom. The lowest BCUT2D eigenvalue weighted by molar-refractivity contribution is 0.485. The summed E-state index contributed by atoms with van der Waals surface area (Å²) in [7, 11) is 1.74. The van der Waals surface area contributed by atoms with Gasteiger partial charge in [-0.15, -0.1) is 0 Å². The molecule has 0 unspecified atom stereocenters. The summed E-state index contributed by atoms with van der Waals surface area (Å²) in [6, 6.07) is 7.20. The van der Waals surface area contributed by atoms with Crippen LogP contribution >= 0.6 is 11.6 Å². The molecule has 0 aliphatic rings. The molecule has 15 heavy (non-hydrogen) atoms. The van der Waals surface area contributed by atoms with Crippen LogP contribution in [0.1, 0.15) is 0 Å². The van der Waals surface area contributed by atoms with Crippen LogP contribution in [0.5, 0.6) is 11.5 Å². The van der Waals surface area contributed by atoms with Crippen LogP contribution in [-0.2, 0) is 7.05 Å². The van der Waals surface area contributed by atoms with Gasteiger partial charge < -0.3 is 10.5 Å². The Labute approximate surface area is 92.2 Å². The number of nitrogens with zero attached hydrogens (tertiary/aromatic N) is 2. The van der Waals surface area contributed by atoms with Crippen LogP contribution in [0.4, 0.5) is 5.82 Å². The van der Waals surface area contributed by atoms with Gasteiger partial charge in [0.2, 0.25) is 0 Å². The summed E-state index contributed by atoms with van der Waals surface area (Å²) in [5, 5.41) is 4.51. The number of halogens is 1. The van der Waals surface area contributed by atoms with E-state index in [1.54, 1.807) is 25.4 Å². The average molecular weight is 224 g/mol. The van der Waals surface area contributed by atoms with Gasteiger partial charge in [0.25, 0.3) is 0 Å². The summed E-state index contributed by atoms with van der Waals surface area (Å²) >= 11 is 5.94. The van der Waals surface area contributed by atoms with Gasteiger partial charge in [-0.2, -0.15) is 5.10 Å². The van der Waals surface area contributed by atoms with Gasteiger partial charge >= 0.3 is 0 Å². The molecular formula is C10H10ClN3O. The Bertz CT molecular complexity index is 481. The van der Waals surface area contributed by atoms with E-state index in [0.717, 1.165) is 0 Å². The third-order valence-corrected chi connectivity index (χ3v) is 2.32. The quantitative estimate of drug-likeness (QED) is 0.851. The van der Waals surface area contributed by atoms with Crippen molar-refractivity contribution in [3.8, 4) is 11.5 Å². The predicted octanol–water partition coefficient (Wildman–Crippen LogP) is 2.45. The lowest BCUT2D eigenvalue weighted by atomic mass is 10.3. The van der Waals surface area contributed by atoms with Crippen molar-refractivity contribution >= 4 is 17.4 Å². The van der Waals surface area contributed by atoms with Gasteiger partial charge in [0.15, 0.2) is 11.6 Å². The lowest BCUT2D eigenvalue weighted by Crippen LogP contribution is -1.98. The largest absolute Gasteiger partial charge is 0.450 e. The highest BCUT2D eigenvalue weighted by atomic mass is 35.5. The smallest absolute Gasteiger partial charge is 0.189 e. The Kier molecular flexibility index (Phi) is 2.51. The van der Waals surface area contributed by atoms with E-state index in [1.165, 1.54) is 4.68 Å². The van der Waals surface area contributed by atoms with Crippen molar-refractivity contribution in [2.24, 2.45) is 7.05 Å². The standard InChI is InChI=1S/C10H10ClN3O/c1-14-10(12)9(6-13-14)15-8-5-3-2-4-7(8)11/h2-6H,12H2,1H3. The maximum Gasteiger partial charge on any atom is 0.189 e. The SMILES string of the molecule is Cn1ncc(Oc2ccccc2Cl)c1N. The van der Waals surface area contributed by atoms with Crippen molar-refractivity contribution in [2.45, 2.75) is 0 Å². The Morgan fingerprint density at radius 2 is 2.07 bits per heavy atom. The molecule has 5 heteroatoms. The minimum absolute atomic E-state index is 0.468. The van der Waals surface area contributed by atoms with E-state index >= 15 is 0 Å². The van der Waals surface area contributed by atoms with E-state index in [9.17, 15) is 0 Å². The molecule has 0 saturated heterocycles. The monoisotopic (exact) mass is 223 g/mol. The Balaban J connectivity index is 2.30. The van der Waals surface area contributed by atoms with Crippen molar-refractivity contribution in [3.63, 3.8) is 0 Å². The molecule has 0 amide bonds. The van der Waals surface area contributed by atoms with E-state index in [0.29, 0.717) is 22.3 Å². The number of aryl methyl sites for hydroxylation is 1. The lowest BCUT2D eigenvalue weighted by Gasteiger charge is -2.05. The first-order valence-corrected chi connectivity index (χ1v) is 4.76. The molecule has 4 nitrogen and oxygen atoms in total. The van der Waals surface area contributed by atoms with E-state index < -0.39 is 0 Å². The fourth-order valence-corrected chi connectivity index (χ4v) is 1.33. The zero-order valence-corrected chi connectivity index (χ0v) is 8.90. The van der Waals surface area contributed by atoms with E-state index in [4.69, 9.17) is 22.1 Å². The van der Waals surface area contributed by atoms with Crippen molar-refractivity contribution < 1.29 is 4.74 Å². The summed E-state index contributed by atoms with van der Waals surface area (Å²) in [5.74, 6) is 1.54.